The van der Waals surface area contributed by atoms with Crippen molar-refractivity contribution in [1.82, 2.24) is 0 Å². The van der Waals surface area contributed by atoms with Crippen LogP contribution in [0.3, 0.4) is 0 Å². The fourth-order valence-corrected chi connectivity index (χ4v) is 1.54. The van der Waals surface area contributed by atoms with E-state index in [1.165, 1.54) is 6.07 Å². The predicted molar refractivity (Wildman–Crippen MR) is 47.3 cm³/mol. The highest BCUT2D eigenvalue weighted by Crippen LogP contribution is 2.31. The van der Waals surface area contributed by atoms with E-state index in [1.54, 1.807) is 0 Å². The summed E-state index contributed by atoms with van der Waals surface area (Å²) in [5.41, 5.74) is -0.647. The Morgan fingerprint density at radius 1 is 0.706 bits per heavy atom. The average Bonchev–Trinajstić information content (AvgIpc) is 2.30. The zero-order chi connectivity index (χ0) is 12.9. The molecule has 0 N–H and O–H groups in total. The zero-order valence-corrected chi connectivity index (χ0v) is 8.27. The summed E-state index contributed by atoms with van der Waals surface area (Å²) in [6, 6.07) is 1.51. The molecule has 0 saturated heterocycles. The first-order valence-electron chi connectivity index (χ1n) is 4.38. The summed E-state index contributed by atoms with van der Waals surface area (Å²) in [7, 11) is 0. The third kappa shape index (κ3) is 1.47. The highest BCUT2D eigenvalue weighted by molar-refractivity contribution is 5.86. The van der Waals surface area contributed by atoms with Crippen molar-refractivity contribution in [2.24, 2.45) is 0 Å². The first-order chi connectivity index (χ1) is 7.86. The molecule has 6 heteroatoms. The number of rotatable bonds is 0. The molecule has 0 aliphatic rings. The molecule has 0 spiro atoms. The lowest BCUT2D eigenvalue weighted by molar-refractivity contribution is 0.438. The molecule has 0 amide bonds. The first kappa shape index (κ1) is 11.8. The van der Waals surface area contributed by atoms with Crippen molar-refractivity contribution >= 4 is 10.8 Å². The molecule has 0 heterocycles. The molecule has 0 atom stereocenters. The maximum Gasteiger partial charge on any atom is 0.195 e. The fraction of sp³-hybridized carbons (Fsp3) is 0.0909. The van der Waals surface area contributed by atoms with Crippen molar-refractivity contribution in [3.63, 3.8) is 0 Å². The van der Waals surface area contributed by atoms with Gasteiger partial charge in [-0.1, -0.05) is 0 Å². The van der Waals surface area contributed by atoms with Gasteiger partial charge in [0.25, 0.3) is 0 Å². The molecule has 2 aromatic carbocycles. The van der Waals surface area contributed by atoms with Gasteiger partial charge in [0, 0.05) is 16.8 Å². The van der Waals surface area contributed by atoms with Crippen LogP contribution in [0.5, 0.6) is 0 Å². The van der Waals surface area contributed by atoms with Gasteiger partial charge >= 0.3 is 0 Å². The lowest BCUT2D eigenvalue weighted by atomic mass is 10.0. The lowest BCUT2D eigenvalue weighted by Gasteiger charge is -2.08. The predicted octanol–water partition coefficient (Wildman–Crippen LogP) is 3.78. The van der Waals surface area contributed by atoms with Crippen LogP contribution in [-0.2, 0) is 0 Å². The van der Waals surface area contributed by atoms with E-state index in [0.717, 1.165) is 6.92 Å². The second-order valence-corrected chi connectivity index (χ2v) is 3.38. The van der Waals surface area contributed by atoms with Gasteiger partial charge < -0.3 is 0 Å². The summed E-state index contributed by atoms with van der Waals surface area (Å²) < 4.78 is 78.3. The second kappa shape index (κ2) is 3.65. The van der Waals surface area contributed by atoms with E-state index in [1.807, 2.05) is 0 Å². The Kier molecular flexibility index (Phi) is 2.52. The normalized spacial score (nSPS) is 11.2. The maximum atomic E-state index is 13.3. The molecule has 0 unspecified atom stereocenters. The van der Waals surface area contributed by atoms with Crippen LogP contribution in [0.2, 0.25) is 0 Å². The lowest BCUT2D eigenvalue weighted by Crippen LogP contribution is -2.02. The van der Waals surface area contributed by atoms with Gasteiger partial charge in [-0.3, -0.25) is 0 Å². The Morgan fingerprint density at radius 3 is 1.88 bits per heavy atom. The molecule has 0 aromatic heterocycles. The van der Waals surface area contributed by atoms with Crippen molar-refractivity contribution in [3.8, 4) is 0 Å². The third-order valence-electron chi connectivity index (χ3n) is 2.40. The molecule has 1 radical (unpaired) electrons. The van der Waals surface area contributed by atoms with Crippen LogP contribution in [0, 0.1) is 47.9 Å². The topological polar surface area (TPSA) is 0 Å². The van der Waals surface area contributed by atoms with Crippen molar-refractivity contribution in [1.29, 1.82) is 0 Å². The van der Waals surface area contributed by atoms with Gasteiger partial charge in [-0.05, 0) is 12.5 Å². The highest BCUT2D eigenvalue weighted by atomic mass is 19.2. The Hall–Kier alpha value is -1.72. The zero-order valence-electron chi connectivity index (χ0n) is 8.27. The number of halogens is 6. The molecule has 2 aromatic rings. The minimum Gasteiger partial charge on any atom is -0.203 e. The molecule has 2 rings (SSSR count). The van der Waals surface area contributed by atoms with Crippen LogP contribution in [-0.4, -0.2) is 0 Å². The highest BCUT2D eigenvalue weighted by Gasteiger charge is 2.24. The van der Waals surface area contributed by atoms with Crippen LogP contribution in [0.1, 0.15) is 5.56 Å². The summed E-state index contributed by atoms with van der Waals surface area (Å²) in [5, 5.41) is -1.82. The molecule has 17 heavy (non-hydrogen) atoms. The number of hydrogen-bond acceptors (Lipinski definition) is 0. The van der Waals surface area contributed by atoms with Crippen LogP contribution < -0.4 is 0 Å². The average molecular weight is 249 g/mol. The van der Waals surface area contributed by atoms with E-state index in [9.17, 15) is 26.3 Å². The number of benzene rings is 2. The standard InChI is InChI=1S/C11H3F6/c1-3-6-4(8(14)11(17)7(3)13)2-5(12)9(15)10(6)16/h1H3. The maximum absolute atomic E-state index is 13.3. The van der Waals surface area contributed by atoms with E-state index in [2.05, 4.69) is 0 Å². The van der Waals surface area contributed by atoms with Gasteiger partial charge in [-0.25, -0.2) is 26.3 Å². The van der Waals surface area contributed by atoms with Crippen LogP contribution in [0.25, 0.3) is 10.8 Å². The molecule has 0 saturated carbocycles. The molecular formula is C11H3F6. The van der Waals surface area contributed by atoms with Gasteiger partial charge in [-0.2, -0.15) is 0 Å². The Morgan fingerprint density at radius 2 is 1.29 bits per heavy atom. The Labute approximate surface area is 91.5 Å². The molecule has 0 nitrogen and oxygen atoms in total. The molecule has 89 valence electrons. The summed E-state index contributed by atoms with van der Waals surface area (Å²) in [4.78, 5) is 0. The summed E-state index contributed by atoms with van der Waals surface area (Å²) >= 11 is 0. The third-order valence-corrected chi connectivity index (χ3v) is 2.40. The monoisotopic (exact) mass is 249 g/mol. The minimum absolute atomic E-state index is 0.647. The largest absolute Gasteiger partial charge is 0.203 e. The van der Waals surface area contributed by atoms with E-state index >= 15 is 0 Å². The molecule has 0 fully saturated rings. The van der Waals surface area contributed by atoms with Crippen LogP contribution >= 0.6 is 0 Å². The fourth-order valence-electron chi connectivity index (χ4n) is 1.54. The smallest absolute Gasteiger partial charge is 0.195 e. The number of hydrogen-bond donors (Lipinski definition) is 0. The van der Waals surface area contributed by atoms with E-state index in [4.69, 9.17) is 0 Å². The van der Waals surface area contributed by atoms with Crippen LogP contribution in [0.15, 0.2) is 0 Å². The van der Waals surface area contributed by atoms with Gasteiger partial charge in [0.05, 0.1) is 0 Å². The Bertz CT molecular complexity index is 624. The van der Waals surface area contributed by atoms with Gasteiger partial charge in [0.15, 0.2) is 34.9 Å². The SMILES string of the molecule is Cc1c(F)c(F)c(F)c2[c]c(F)c(F)c(F)c12. The Balaban J connectivity index is 3.12. The number of fused-ring (bicyclic) bond motifs is 1. The van der Waals surface area contributed by atoms with Gasteiger partial charge in [-0.15, -0.1) is 0 Å². The van der Waals surface area contributed by atoms with Crippen molar-refractivity contribution in [3.05, 3.63) is 46.5 Å². The quantitative estimate of drug-likeness (QED) is 0.492. The summed E-state index contributed by atoms with van der Waals surface area (Å²) in [5.74, 6) is -10.8. The summed E-state index contributed by atoms with van der Waals surface area (Å²) in [6.07, 6.45) is 0. The minimum atomic E-state index is -1.91. The second-order valence-electron chi connectivity index (χ2n) is 3.38. The molecule has 0 bridgehead atoms. The van der Waals surface area contributed by atoms with Crippen molar-refractivity contribution in [2.75, 3.05) is 0 Å². The van der Waals surface area contributed by atoms with E-state index in [-0.39, 0.29) is 0 Å². The van der Waals surface area contributed by atoms with Crippen molar-refractivity contribution in [2.45, 2.75) is 6.92 Å². The summed E-state index contributed by atoms with van der Waals surface area (Å²) in [6.45, 7) is 0.925. The number of aryl methyl sites for hydroxylation is 1. The van der Waals surface area contributed by atoms with E-state index < -0.39 is 51.2 Å². The molecule has 0 aliphatic heterocycles. The van der Waals surface area contributed by atoms with Crippen molar-refractivity contribution < 1.29 is 26.3 Å². The van der Waals surface area contributed by atoms with Gasteiger partial charge in [0.2, 0.25) is 0 Å². The van der Waals surface area contributed by atoms with Crippen LogP contribution in [0.4, 0.5) is 26.3 Å². The first-order valence-corrected chi connectivity index (χ1v) is 4.38. The molecule has 0 aliphatic carbocycles. The molecular weight excluding hydrogens is 246 g/mol. The van der Waals surface area contributed by atoms with E-state index in [0.29, 0.717) is 0 Å². The van der Waals surface area contributed by atoms with Gasteiger partial charge in [0.1, 0.15) is 0 Å².